The Morgan fingerprint density at radius 1 is 1.32 bits per heavy atom. The molecule has 1 atom stereocenters. The molecule has 6 nitrogen and oxygen atoms in total. The first-order chi connectivity index (χ1) is 11.9. The number of aryl methyl sites for hydroxylation is 1. The number of carbonyl (C=O) groups excluding carboxylic acids is 1. The molecule has 3 rings (SSSR count). The topological polar surface area (TPSA) is 79.4 Å². The van der Waals surface area contributed by atoms with Gasteiger partial charge in [0.05, 0.1) is 10.6 Å². The number of hydrogen-bond acceptors (Lipinski definition) is 5. The van der Waals surface area contributed by atoms with E-state index in [1.807, 2.05) is 12.3 Å². The Bertz CT molecular complexity index is 865. The lowest BCUT2D eigenvalue weighted by Crippen LogP contribution is -2.49. The van der Waals surface area contributed by atoms with Crippen LogP contribution in [0.4, 0.5) is 5.13 Å². The molecule has 0 spiro atoms. The number of thiazole rings is 1. The maximum absolute atomic E-state index is 13.0. The van der Waals surface area contributed by atoms with Gasteiger partial charge in [0.2, 0.25) is 15.9 Å². The molecule has 25 heavy (non-hydrogen) atoms. The largest absolute Gasteiger partial charge is 0.301 e. The predicted octanol–water partition coefficient (Wildman–Crippen LogP) is 3.40. The average molecular weight is 444 g/mol. The number of rotatable bonds is 4. The molecule has 9 heteroatoms. The van der Waals surface area contributed by atoms with Crippen molar-refractivity contribution < 1.29 is 13.2 Å². The van der Waals surface area contributed by atoms with Crippen LogP contribution in [0, 0.1) is 6.92 Å². The molecule has 0 saturated carbocycles. The Morgan fingerprint density at radius 2 is 2.04 bits per heavy atom. The molecule has 1 aliphatic heterocycles. The van der Waals surface area contributed by atoms with Crippen molar-refractivity contribution in [2.75, 3.05) is 11.9 Å². The van der Waals surface area contributed by atoms with Gasteiger partial charge in [-0.3, -0.25) is 4.79 Å². The van der Waals surface area contributed by atoms with Crippen LogP contribution in [0.1, 0.15) is 25.0 Å². The van der Waals surface area contributed by atoms with E-state index in [1.54, 1.807) is 24.3 Å². The van der Waals surface area contributed by atoms with E-state index < -0.39 is 16.1 Å². The van der Waals surface area contributed by atoms with Gasteiger partial charge in [-0.25, -0.2) is 13.4 Å². The number of nitrogens with one attached hydrogen (secondary N) is 1. The van der Waals surface area contributed by atoms with E-state index in [1.165, 1.54) is 15.6 Å². The number of sulfonamides is 1. The lowest BCUT2D eigenvalue weighted by atomic mass is 10.0. The Balaban J connectivity index is 1.84. The highest BCUT2D eigenvalue weighted by Crippen LogP contribution is 2.27. The van der Waals surface area contributed by atoms with Crippen LogP contribution in [0.3, 0.4) is 0 Å². The summed E-state index contributed by atoms with van der Waals surface area (Å²) in [6.45, 7) is 2.18. The first kappa shape index (κ1) is 18.5. The Kier molecular flexibility index (Phi) is 5.57. The van der Waals surface area contributed by atoms with Crippen LogP contribution in [0.15, 0.2) is 39.0 Å². The number of anilines is 1. The maximum Gasteiger partial charge on any atom is 0.244 e. The SMILES string of the molecule is Cc1csc(NC(=O)C2CCCCN2S(=O)(=O)c2ccc(Br)cc2)n1. The van der Waals surface area contributed by atoms with E-state index in [0.717, 1.165) is 23.0 Å². The van der Waals surface area contributed by atoms with Crippen molar-refractivity contribution in [2.45, 2.75) is 37.1 Å². The minimum atomic E-state index is -3.73. The molecule has 134 valence electrons. The summed E-state index contributed by atoms with van der Waals surface area (Å²) in [7, 11) is -3.73. The summed E-state index contributed by atoms with van der Waals surface area (Å²) in [6, 6.07) is 5.75. The summed E-state index contributed by atoms with van der Waals surface area (Å²) in [5, 5.41) is 5.08. The molecular weight excluding hydrogens is 426 g/mol. The normalized spacial score (nSPS) is 18.9. The minimum Gasteiger partial charge on any atom is -0.301 e. The van der Waals surface area contributed by atoms with Gasteiger partial charge in [0, 0.05) is 16.4 Å². The second-order valence-electron chi connectivity index (χ2n) is 5.86. The number of piperidine rings is 1. The van der Waals surface area contributed by atoms with Gasteiger partial charge in [-0.05, 0) is 44.0 Å². The molecule has 1 N–H and O–H groups in total. The van der Waals surface area contributed by atoms with Crippen LogP contribution in [0.5, 0.6) is 0 Å². The van der Waals surface area contributed by atoms with Crippen LogP contribution in [0.25, 0.3) is 0 Å². The van der Waals surface area contributed by atoms with Crippen LogP contribution in [0.2, 0.25) is 0 Å². The first-order valence-electron chi connectivity index (χ1n) is 7.88. The number of amides is 1. The van der Waals surface area contributed by atoms with Crippen LogP contribution in [-0.4, -0.2) is 36.2 Å². The van der Waals surface area contributed by atoms with Crippen LogP contribution in [-0.2, 0) is 14.8 Å². The highest BCUT2D eigenvalue weighted by molar-refractivity contribution is 9.10. The molecule has 0 aliphatic carbocycles. The van der Waals surface area contributed by atoms with Crippen molar-refractivity contribution in [3.63, 3.8) is 0 Å². The molecule has 1 saturated heterocycles. The summed E-state index contributed by atoms with van der Waals surface area (Å²) in [5.41, 5.74) is 0.822. The standard InChI is InChI=1S/C16H18BrN3O3S2/c1-11-10-24-16(18-11)19-15(21)14-4-2-3-9-20(14)25(22,23)13-7-5-12(17)6-8-13/h5-8,10,14H,2-4,9H2,1H3,(H,18,19,21). The molecule has 2 aromatic rings. The molecule has 2 heterocycles. The van der Waals surface area contributed by atoms with Crippen molar-refractivity contribution in [1.29, 1.82) is 0 Å². The molecule has 1 fully saturated rings. The minimum absolute atomic E-state index is 0.195. The van der Waals surface area contributed by atoms with E-state index in [2.05, 4.69) is 26.2 Å². The van der Waals surface area contributed by atoms with E-state index in [4.69, 9.17) is 0 Å². The molecule has 0 bridgehead atoms. The van der Waals surface area contributed by atoms with Crippen molar-refractivity contribution in [1.82, 2.24) is 9.29 Å². The van der Waals surface area contributed by atoms with Crippen molar-refractivity contribution in [2.24, 2.45) is 0 Å². The zero-order valence-electron chi connectivity index (χ0n) is 13.6. The average Bonchev–Trinajstić information content (AvgIpc) is 3.00. The van der Waals surface area contributed by atoms with Gasteiger partial charge in [-0.2, -0.15) is 4.31 Å². The highest BCUT2D eigenvalue weighted by Gasteiger charge is 2.37. The van der Waals surface area contributed by atoms with Crippen molar-refractivity contribution in [3.8, 4) is 0 Å². The highest BCUT2D eigenvalue weighted by atomic mass is 79.9. The molecule has 1 aromatic carbocycles. The Morgan fingerprint density at radius 3 is 2.68 bits per heavy atom. The summed E-state index contributed by atoms with van der Waals surface area (Å²) >= 11 is 4.64. The predicted molar refractivity (Wildman–Crippen MR) is 101 cm³/mol. The summed E-state index contributed by atoms with van der Waals surface area (Å²) < 4.78 is 28.1. The lowest BCUT2D eigenvalue weighted by molar-refractivity contribution is -0.120. The third kappa shape index (κ3) is 4.11. The van der Waals surface area contributed by atoms with Crippen LogP contribution >= 0.6 is 27.3 Å². The summed E-state index contributed by atoms with van der Waals surface area (Å²) in [5.74, 6) is -0.324. The summed E-state index contributed by atoms with van der Waals surface area (Å²) in [4.78, 5) is 17.1. The van der Waals surface area contributed by atoms with E-state index in [-0.39, 0.29) is 10.8 Å². The molecule has 0 radical (unpaired) electrons. The number of halogens is 1. The molecule has 1 amide bonds. The van der Waals surface area contributed by atoms with Gasteiger partial charge in [-0.15, -0.1) is 11.3 Å². The Hall–Kier alpha value is -1.29. The van der Waals surface area contributed by atoms with Gasteiger partial charge < -0.3 is 5.32 Å². The number of benzene rings is 1. The molecular formula is C16H18BrN3O3S2. The van der Waals surface area contributed by atoms with Gasteiger partial charge in [0.15, 0.2) is 5.13 Å². The quantitative estimate of drug-likeness (QED) is 0.784. The molecule has 1 unspecified atom stereocenters. The molecule has 1 aliphatic rings. The van der Waals surface area contributed by atoms with Crippen molar-refractivity contribution in [3.05, 3.63) is 39.8 Å². The van der Waals surface area contributed by atoms with Crippen LogP contribution < -0.4 is 5.32 Å². The van der Waals surface area contributed by atoms with E-state index in [0.29, 0.717) is 18.1 Å². The van der Waals surface area contributed by atoms with Gasteiger partial charge in [-0.1, -0.05) is 22.4 Å². The fraction of sp³-hybridized carbons (Fsp3) is 0.375. The number of nitrogens with zero attached hydrogens (tertiary/aromatic N) is 2. The van der Waals surface area contributed by atoms with Gasteiger partial charge in [0.25, 0.3) is 0 Å². The fourth-order valence-electron chi connectivity index (χ4n) is 2.80. The third-order valence-electron chi connectivity index (χ3n) is 4.03. The second-order valence-corrected chi connectivity index (χ2v) is 9.53. The monoisotopic (exact) mass is 443 g/mol. The number of carbonyl (C=O) groups is 1. The second kappa shape index (κ2) is 7.53. The Labute approximate surface area is 159 Å². The molecule has 1 aromatic heterocycles. The zero-order valence-corrected chi connectivity index (χ0v) is 16.8. The number of aromatic nitrogens is 1. The lowest BCUT2D eigenvalue weighted by Gasteiger charge is -2.33. The van der Waals surface area contributed by atoms with E-state index >= 15 is 0 Å². The fourth-order valence-corrected chi connectivity index (χ4v) is 5.41. The maximum atomic E-state index is 13.0. The first-order valence-corrected chi connectivity index (χ1v) is 11.0. The number of hydrogen-bond donors (Lipinski definition) is 1. The van der Waals surface area contributed by atoms with Gasteiger partial charge in [0.1, 0.15) is 6.04 Å². The zero-order chi connectivity index (χ0) is 18.0. The van der Waals surface area contributed by atoms with Gasteiger partial charge >= 0.3 is 0 Å². The van der Waals surface area contributed by atoms with E-state index in [9.17, 15) is 13.2 Å². The summed E-state index contributed by atoms with van der Waals surface area (Å²) in [6.07, 6.45) is 2.07. The smallest absolute Gasteiger partial charge is 0.244 e. The third-order valence-corrected chi connectivity index (χ3v) is 7.35. The van der Waals surface area contributed by atoms with Crippen molar-refractivity contribution >= 4 is 48.3 Å².